The number of alkyl halides is 3. The van der Waals surface area contributed by atoms with Crippen LogP contribution in [-0.4, -0.2) is 35.9 Å². The molecule has 11 heteroatoms. The van der Waals surface area contributed by atoms with Crippen molar-refractivity contribution >= 4 is 5.91 Å². The molecule has 0 bridgehead atoms. The van der Waals surface area contributed by atoms with Gasteiger partial charge in [-0.25, -0.2) is 14.6 Å². The summed E-state index contributed by atoms with van der Waals surface area (Å²) in [7, 11) is 0. The van der Waals surface area contributed by atoms with Gasteiger partial charge in [-0.2, -0.15) is 18.3 Å². The first-order valence-corrected chi connectivity index (χ1v) is 6.56. The van der Waals surface area contributed by atoms with Crippen LogP contribution in [0.25, 0.3) is 0 Å². The quantitative estimate of drug-likeness (QED) is 0.848. The zero-order valence-electron chi connectivity index (χ0n) is 11.3. The SMILES string of the molecule is O=C(NCc1nc(C(F)(F)F)n[nH]1)C1CCc2ncnn2C1. The van der Waals surface area contributed by atoms with Gasteiger partial charge in [-0.05, 0) is 6.42 Å². The van der Waals surface area contributed by atoms with Gasteiger partial charge in [0.1, 0.15) is 18.0 Å². The normalized spacial score (nSPS) is 18.0. The number of H-pyrrole nitrogens is 1. The standard InChI is InChI=1S/C11H12F3N7O/c12-11(13,14)10-18-7(19-20-10)3-15-9(22)6-1-2-8-16-5-17-21(8)4-6/h5-6H,1-4H2,(H,15,22)(H,18,19,20). The summed E-state index contributed by atoms with van der Waals surface area (Å²) in [5, 5.41) is 11.8. The molecule has 3 rings (SSSR count). The van der Waals surface area contributed by atoms with Gasteiger partial charge in [0.25, 0.3) is 5.82 Å². The molecule has 0 saturated heterocycles. The molecule has 1 aliphatic heterocycles. The van der Waals surface area contributed by atoms with Crippen molar-refractivity contribution in [3.63, 3.8) is 0 Å². The van der Waals surface area contributed by atoms with E-state index in [2.05, 4.69) is 30.6 Å². The summed E-state index contributed by atoms with van der Waals surface area (Å²) in [5.74, 6) is -1.01. The Bertz CT molecular complexity index is 677. The topological polar surface area (TPSA) is 101 Å². The van der Waals surface area contributed by atoms with E-state index in [1.807, 2.05) is 0 Å². The summed E-state index contributed by atoms with van der Waals surface area (Å²) in [4.78, 5) is 19.4. The molecule has 118 valence electrons. The van der Waals surface area contributed by atoms with Crippen molar-refractivity contribution in [2.24, 2.45) is 5.92 Å². The molecule has 2 aromatic heterocycles. The van der Waals surface area contributed by atoms with Gasteiger partial charge in [-0.3, -0.25) is 9.89 Å². The number of aromatic nitrogens is 6. The molecule has 0 aromatic carbocycles. The Morgan fingerprint density at radius 1 is 1.50 bits per heavy atom. The molecule has 1 aliphatic rings. The smallest absolute Gasteiger partial charge is 0.349 e. The van der Waals surface area contributed by atoms with Gasteiger partial charge < -0.3 is 5.32 Å². The molecule has 0 radical (unpaired) electrons. The van der Waals surface area contributed by atoms with Crippen molar-refractivity contribution in [2.45, 2.75) is 32.1 Å². The summed E-state index contributed by atoms with van der Waals surface area (Å²) < 4.78 is 38.7. The second-order valence-electron chi connectivity index (χ2n) is 4.92. The van der Waals surface area contributed by atoms with Crippen LogP contribution in [0, 0.1) is 5.92 Å². The number of nitrogens with zero attached hydrogens (tertiary/aromatic N) is 5. The van der Waals surface area contributed by atoms with Crippen molar-refractivity contribution in [1.82, 2.24) is 35.3 Å². The third kappa shape index (κ3) is 2.92. The first kappa shape index (κ1) is 14.5. The van der Waals surface area contributed by atoms with Crippen LogP contribution in [0.4, 0.5) is 13.2 Å². The second kappa shape index (κ2) is 5.39. The molecule has 0 aliphatic carbocycles. The third-order valence-corrected chi connectivity index (χ3v) is 3.39. The average molecular weight is 315 g/mol. The maximum absolute atomic E-state index is 12.4. The first-order valence-electron chi connectivity index (χ1n) is 6.56. The third-order valence-electron chi connectivity index (χ3n) is 3.39. The molecule has 1 amide bonds. The number of hydrogen-bond donors (Lipinski definition) is 2. The van der Waals surface area contributed by atoms with Crippen LogP contribution in [0.1, 0.15) is 23.9 Å². The molecular formula is C11H12F3N7O. The highest BCUT2D eigenvalue weighted by molar-refractivity contribution is 5.78. The molecule has 0 fully saturated rings. The van der Waals surface area contributed by atoms with E-state index in [-0.39, 0.29) is 24.2 Å². The van der Waals surface area contributed by atoms with E-state index in [1.165, 1.54) is 6.33 Å². The lowest BCUT2D eigenvalue weighted by Crippen LogP contribution is -2.36. The number of hydrogen-bond acceptors (Lipinski definition) is 5. The van der Waals surface area contributed by atoms with E-state index < -0.39 is 12.0 Å². The van der Waals surface area contributed by atoms with Gasteiger partial charge in [0.15, 0.2) is 0 Å². The first-order chi connectivity index (χ1) is 10.4. The number of rotatable bonds is 3. The van der Waals surface area contributed by atoms with Crippen LogP contribution < -0.4 is 5.32 Å². The van der Waals surface area contributed by atoms with Crippen molar-refractivity contribution in [2.75, 3.05) is 0 Å². The van der Waals surface area contributed by atoms with Crippen LogP contribution in [0.15, 0.2) is 6.33 Å². The number of fused-ring (bicyclic) bond motifs is 1. The Morgan fingerprint density at radius 2 is 2.32 bits per heavy atom. The van der Waals surface area contributed by atoms with Crippen molar-refractivity contribution in [3.8, 4) is 0 Å². The van der Waals surface area contributed by atoms with Crippen LogP contribution in [0.3, 0.4) is 0 Å². The van der Waals surface area contributed by atoms with E-state index in [0.717, 1.165) is 5.82 Å². The average Bonchev–Trinajstić information content (AvgIpc) is 3.12. The number of carbonyl (C=O) groups is 1. The van der Waals surface area contributed by atoms with E-state index in [1.54, 1.807) is 4.68 Å². The summed E-state index contributed by atoms with van der Waals surface area (Å²) in [6.45, 7) is 0.272. The molecule has 2 N–H and O–H groups in total. The molecule has 0 spiro atoms. The van der Waals surface area contributed by atoms with E-state index in [0.29, 0.717) is 19.4 Å². The molecule has 22 heavy (non-hydrogen) atoms. The molecule has 0 saturated carbocycles. The van der Waals surface area contributed by atoms with Crippen molar-refractivity contribution in [3.05, 3.63) is 23.8 Å². The van der Waals surface area contributed by atoms with Gasteiger partial charge in [0, 0.05) is 6.42 Å². The number of aromatic amines is 1. The second-order valence-corrected chi connectivity index (χ2v) is 4.92. The van der Waals surface area contributed by atoms with Gasteiger partial charge >= 0.3 is 6.18 Å². The Balaban J connectivity index is 1.56. The fourth-order valence-electron chi connectivity index (χ4n) is 2.27. The van der Waals surface area contributed by atoms with Crippen LogP contribution in [-0.2, 0) is 30.5 Å². The van der Waals surface area contributed by atoms with Gasteiger partial charge in [-0.15, -0.1) is 5.10 Å². The van der Waals surface area contributed by atoms with E-state index >= 15 is 0 Å². The Labute approximate surface area is 122 Å². The summed E-state index contributed by atoms with van der Waals surface area (Å²) in [6.07, 6.45) is -1.91. The minimum atomic E-state index is -4.61. The number of halogens is 3. The maximum Gasteiger partial charge on any atom is 0.453 e. The minimum Gasteiger partial charge on any atom is -0.349 e. The predicted octanol–water partition coefficient (Wildman–Crippen LogP) is 0.294. The lowest BCUT2D eigenvalue weighted by Gasteiger charge is -2.21. The van der Waals surface area contributed by atoms with E-state index in [9.17, 15) is 18.0 Å². The maximum atomic E-state index is 12.4. The van der Waals surface area contributed by atoms with Crippen LogP contribution in [0.5, 0.6) is 0 Å². The summed E-state index contributed by atoms with van der Waals surface area (Å²) in [5.41, 5.74) is 0. The van der Waals surface area contributed by atoms with Gasteiger partial charge in [0.05, 0.1) is 19.0 Å². The largest absolute Gasteiger partial charge is 0.453 e. The van der Waals surface area contributed by atoms with Gasteiger partial charge in [0.2, 0.25) is 5.91 Å². The number of amides is 1. The van der Waals surface area contributed by atoms with E-state index in [4.69, 9.17) is 0 Å². The Morgan fingerprint density at radius 3 is 3.05 bits per heavy atom. The van der Waals surface area contributed by atoms with Gasteiger partial charge in [-0.1, -0.05) is 0 Å². The molecular weight excluding hydrogens is 303 g/mol. The molecule has 8 nitrogen and oxygen atoms in total. The highest BCUT2D eigenvalue weighted by Gasteiger charge is 2.36. The van der Waals surface area contributed by atoms with Crippen molar-refractivity contribution in [1.29, 1.82) is 0 Å². The number of nitrogens with one attached hydrogen (secondary N) is 2. The lowest BCUT2D eigenvalue weighted by molar-refractivity contribution is -0.144. The molecule has 1 unspecified atom stereocenters. The summed E-state index contributed by atoms with van der Waals surface area (Å²) in [6, 6.07) is 0. The Kier molecular flexibility index (Phi) is 3.54. The highest BCUT2D eigenvalue weighted by Crippen LogP contribution is 2.25. The number of aryl methyl sites for hydroxylation is 1. The molecule has 1 atom stereocenters. The lowest BCUT2D eigenvalue weighted by atomic mass is 9.99. The molecule has 3 heterocycles. The monoisotopic (exact) mass is 315 g/mol. The predicted molar refractivity (Wildman–Crippen MR) is 65.1 cm³/mol. The van der Waals surface area contributed by atoms with Crippen LogP contribution >= 0.6 is 0 Å². The number of carbonyl (C=O) groups excluding carboxylic acids is 1. The minimum absolute atomic E-state index is 0.0436. The Hall–Kier alpha value is -2.46. The summed E-state index contributed by atoms with van der Waals surface area (Å²) >= 11 is 0. The molecule has 2 aromatic rings. The zero-order chi connectivity index (χ0) is 15.7. The fourth-order valence-corrected chi connectivity index (χ4v) is 2.27. The highest BCUT2D eigenvalue weighted by atomic mass is 19.4. The zero-order valence-corrected chi connectivity index (χ0v) is 11.3. The van der Waals surface area contributed by atoms with Crippen LogP contribution in [0.2, 0.25) is 0 Å². The fraction of sp³-hybridized carbons (Fsp3) is 0.545. The van der Waals surface area contributed by atoms with Crippen molar-refractivity contribution < 1.29 is 18.0 Å².